The van der Waals surface area contributed by atoms with Gasteiger partial charge in [-0.2, -0.15) is 5.10 Å². The Hall–Kier alpha value is -2.42. The maximum absolute atomic E-state index is 12.7. The van der Waals surface area contributed by atoms with Crippen LogP contribution in [0.3, 0.4) is 0 Å². The number of hydrogen-bond donors (Lipinski definition) is 2. The van der Waals surface area contributed by atoms with Crippen LogP contribution in [-0.4, -0.2) is 69.4 Å². The molecule has 2 atom stereocenters. The van der Waals surface area contributed by atoms with Crippen LogP contribution >= 0.6 is 0 Å². The van der Waals surface area contributed by atoms with Gasteiger partial charge in [0.2, 0.25) is 5.91 Å². The number of carboxylic acids is 1. The highest BCUT2D eigenvalue weighted by atomic mass is 16.5. The molecule has 1 aromatic rings. The lowest BCUT2D eigenvalue weighted by Crippen LogP contribution is -2.40. The molecule has 27 heavy (non-hydrogen) atoms. The number of rotatable bonds is 6. The van der Waals surface area contributed by atoms with Gasteiger partial charge < -0.3 is 20.1 Å². The zero-order valence-corrected chi connectivity index (χ0v) is 15.5. The maximum Gasteiger partial charge on any atom is 0.326 e. The number of carbonyl (C=O) groups excluding carboxylic acids is 2. The predicted molar refractivity (Wildman–Crippen MR) is 95.1 cm³/mol. The second-order valence-corrected chi connectivity index (χ2v) is 7.23. The van der Waals surface area contributed by atoms with Gasteiger partial charge in [0.05, 0.1) is 17.9 Å². The number of aromatic nitrogens is 2. The van der Waals surface area contributed by atoms with Crippen molar-refractivity contribution < 1.29 is 24.2 Å². The number of nitrogens with zero attached hydrogens (tertiary/aromatic N) is 3. The van der Waals surface area contributed by atoms with Crippen LogP contribution in [0, 0.1) is 0 Å². The van der Waals surface area contributed by atoms with Crippen molar-refractivity contribution in [2.24, 2.45) is 0 Å². The molecule has 2 fully saturated rings. The average molecular weight is 378 g/mol. The third-order valence-electron chi connectivity index (χ3n) is 5.30. The molecule has 9 nitrogen and oxygen atoms in total. The zero-order chi connectivity index (χ0) is 19.4. The van der Waals surface area contributed by atoms with E-state index in [9.17, 15) is 19.5 Å². The molecule has 2 unspecified atom stereocenters. The quantitative estimate of drug-likeness (QED) is 0.751. The standard InChI is InChI=1S/C18H26N4O5/c1-27-14-7-15(18(25)26)22(10-14)17(24)12-8-19-21(9-12)11-16(23)20-13-5-3-2-4-6-13/h8-9,13-15H,2-7,10-11H2,1H3,(H,20,23)(H,25,26). The van der Waals surface area contributed by atoms with Crippen LogP contribution in [0.5, 0.6) is 0 Å². The topological polar surface area (TPSA) is 114 Å². The summed E-state index contributed by atoms with van der Waals surface area (Å²) < 4.78 is 6.61. The lowest BCUT2D eigenvalue weighted by atomic mass is 9.95. The Morgan fingerprint density at radius 2 is 2.04 bits per heavy atom. The van der Waals surface area contributed by atoms with E-state index >= 15 is 0 Å². The van der Waals surface area contributed by atoms with Gasteiger partial charge in [0.25, 0.3) is 5.91 Å². The Labute approximate surface area is 157 Å². The van der Waals surface area contributed by atoms with E-state index in [2.05, 4.69) is 10.4 Å². The SMILES string of the molecule is COC1CC(C(=O)O)N(C(=O)c2cnn(CC(=O)NC3CCCCC3)c2)C1. The summed E-state index contributed by atoms with van der Waals surface area (Å²) in [6.07, 6.45) is 8.30. The van der Waals surface area contributed by atoms with E-state index in [4.69, 9.17) is 4.74 Å². The van der Waals surface area contributed by atoms with Crippen molar-refractivity contribution in [1.29, 1.82) is 0 Å². The molecule has 0 radical (unpaired) electrons. The number of aliphatic carboxylic acids is 1. The number of nitrogens with one attached hydrogen (secondary N) is 1. The lowest BCUT2D eigenvalue weighted by molar-refractivity contribution is -0.141. The van der Waals surface area contributed by atoms with Gasteiger partial charge in [-0.1, -0.05) is 19.3 Å². The number of ether oxygens (including phenoxy) is 1. The molecule has 2 heterocycles. The van der Waals surface area contributed by atoms with Gasteiger partial charge in [0.15, 0.2) is 0 Å². The molecular formula is C18H26N4O5. The van der Waals surface area contributed by atoms with Gasteiger partial charge in [-0.15, -0.1) is 0 Å². The Bertz CT molecular complexity index is 698. The van der Waals surface area contributed by atoms with Gasteiger partial charge >= 0.3 is 5.97 Å². The number of hydrogen-bond acceptors (Lipinski definition) is 5. The number of methoxy groups -OCH3 is 1. The third-order valence-corrected chi connectivity index (χ3v) is 5.30. The van der Waals surface area contributed by atoms with Crippen LogP contribution in [0.2, 0.25) is 0 Å². The molecule has 2 aliphatic rings. The molecule has 2 amide bonds. The largest absolute Gasteiger partial charge is 0.480 e. The van der Waals surface area contributed by atoms with E-state index in [0.717, 1.165) is 25.7 Å². The Morgan fingerprint density at radius 3 is 2.70 bits per heavy atom. The lowest BCUT2D eigenvalue weighted by Gasteiger charge is -2.22. The van der Waals surface area contributed by atoms with Crippen molar-refractivity contribution in [2.45, 2.75) is 63.3 Å². The highest BCUT2D eigenvalue weighted by Crippen LogP contribution is 2.22. The van der Waals surface area contributed by atoms with E-state index in [-0.39, 0.29) is 43.1 Å². The van der Waals surface area contributed by atoms with Crippen molar-refractivity contribution in [1.82, 2.24) is 20.0 Å². The smallest absolute Gasteiger partial charge is 0.326 e. The number of carboxylic acid groups (broad SMARTS) is 1. The van der Waals surface area contributed by atoms with E-state index < -0.39 is 17.9 Å². The van der Waals surface area contributed by atoms with Crippen LogP contribution in [0.15, 0.2) is 12.4 Å². The molecule has 1 aliphatic heterocycles. The molecule has 1 saturated carbocycles. The molecule has 9 heteroatoms. The fourth-order valence-electron chi connectivity index (χ4n) is 3.82. The highest BCUT2D eigenvalue weighted by Gasteiger charge is 2.40. The minimum Gasteiger partial charge on any atom is -0.480 e. The van der Waals surface area contributed by atoms with Crippen molar-refractivity contribution >= 4 is 17.8 Å². The highest BCUT2D eigenvalue weighted by molar-refractivity contribution is 5.96. The first-order valence-electron chi connectivity index (χ1n) is 9.36. The fraction of sp³-hybridized carbons (Fsp3) is 0.667. The molecule has 3 rings (SSSR count). The number of carbonyl (C=O) groups is 3. The predicted octanol–water partition coefficient (Wildman–Crippen LogP) is 0.646. The molecular weight excluding hydrogens is 352 g/mol. The summed E-state index contributed by atoms with van der Waals surface area (Å²) in [6.45, 7) is 0.256. The minimum atomic E-state index is -1.05. The van der Waals surface area contributed by atoms with Crippen LogP contribution in [0.4, 0.5) is 0 Å². The summed E-state index contributed by atoms with van der Waals surface area (Å²) in [5.41, 5.74) is 0.267. The molecule has 0 aromatic carbocycles. The first kappa shape index (κ1) is 19.3. The fourth-order valence-corrected chi connectivity index (χ4v) is 3.82. The Kier molecular flexibility index (Phi) is 6.10. The molecule has 1 aromatic heterocycles. The summed E-state index contributed by atoms with van der Waals surface area (Å²) in [5.74, 6) is -1.60. The Morgan fingerprint density at radius 1 is 1.30 bits per heavy atom. The Balaban J connectivity index is 1.60. The van der Waals surface area contributed by atoms with Gasteiger partial charge in [0, 0.05) is 32.3 Å². The summed E-state index contributed by atoms with van der Waals surface area (Å²) in [6, 6.07) is -0.699. The second kappa shape index (κ2) is 8.51. The molecule has 0 bridgehead atoms. The van der Waals surface area contributed by atoms with Gasteiger partial charge in [-0.05, 0) is 12.8 Å². The summed E-state index contributed by atoms with van der Waals surface area (Å²) in [5, 5.41) is 16.4. The molecule has 1 saturated heterocycles. The summed E-state index contributed by atoms with van der Waals surface area (Å²) >= 11 is 0. The number of likely N-dealkylation sites (tertiary alicyclic amines) is 1. The van der Waals surface area contributed by atoms with Crippen molar-refractivity contribution in [3.8, 4) is 0 Å². The van der Waals surface area contributed by atoms with Gasteiger partial charge in [0.1, 0.15) is 12.6 Å². The van der Waals surface area contributed by atoms with E-state index in [1.807, 2.05) is 0 Å². The monoisotopic (exact) mass is 378 g/mol. The van der Waals surface area contributed by atoms with Gasteiger partial charge in [-0.3, -0.25) is 14.3 Å². The van der Waals surface area contributed by atoms with E-state index in [1.165, 1.54) is 35.5 Å². The van der Waals surface area contributed by atoms with Crippen molar-refractivity contribution in [2.75, 3.05) is 13.7 Å². The van der Waals surface area contributed by atoms with Crippen LogP contribution in [-0.2, 0) is 20.9 Å². The first-order chi connectivity index (χ1) is 13.0. The normalized spacial score (nSPS) is 23.4. The van der Waals surface area contributed by atoms with Gasteiger partial charge in [-0.25, -0.2) is 4.79 Å². The number of amides is 2. The third kappa shape index (κ3) is 4.65. The van der Waals surface area contributed by atoms with E-state index in [1.54, 1.807) is 0 Å². The average Bonchev–Trinajstić information content (AvgIpc) is 3.29. The van der Waals surface area contributed by atoms with Crippen LogP contribution < -0.4 is 5.32 Å². The van der Waals surface area contributed by atoms with Crippen LogP contribution in [0.1, 0.15) is 48.9 Å². The summed E-state index contributed by atoms with van der Waals surface area (Å²) in [7, 11) is 1.50. The van der Waals surface area contributed by atoms with Crippen LogP contribution in [0.25, 0.3) is 0 Å². The molecule has 148 valence electrons. The zero-order valence-electron chi connectivity index (χ0n) is 15.5. The minimum absolute atomic E-state index is 0.0346. The first-order valence-corrected chi connectivity index (χ1v) is 9.36. The summed E-state index contributed by atoms with van der Waals surface area (Å²) in [4.78, 5) is 37.6. The molecule has 2 N–H and O–H groups in total. The van der Waals surface area contributed by atoms with Crippen molar-refractivity contribution in [3.05, 3.63) is 18.0 Å². The second-order valence-electron chi connectivity index (χ2n) is 7.23. The maximum atomic E-state index is 12.7. The van der Waals surface area contributed by atoms with E-state index in [0.29, 0.717) is 0 Å². The molecule has 1 aliphatic carbocycles. The molecule has 0 spiro atoms. The van der Waals surface area contributed by atoms with Crippen molar-refractivity contribution in [3.63, 3.8) is 0 Å².